The van der Waals surface area contributed by atoms with Crippen LogP contribution in [0.15, 0.2) is 47.8 Å². The summed E-state index contributed by atoms with van der Waals surface area (Å²) in [5, 5.41) is 18.5. The van der Waals surface area contributed by atoms with Crippen LogP contribution in [0, 0.1) is 0 Å². The molecule has 0 saturated carbocycles. The summed E-state index contributed by atoms with van der Waals surface area (Å²) in [5.74, 6) is -5.92. The lowest BCUT2D eigenvalue weighted by atomic mass is 10.0. The number of carbonyl (C=O) groups excluding carboxylic acids is 8. The Morgan fingerprint density at radius 2 is 1.53 bits per heavy atom. The van der Waals surface area contributed by atoms with Gasteiger partial charge >= 0.3 is 0 Å². The van der Waals surface area contributed by atoms with Gasteiger partial charge in [0, 0.05) is 51.2 Å². The summed E-state index contributed by atoms with van der Waals surface area (Å²) in [7, 11) is 0. The number of amides is 8. The topological polar surface area (TPSA) is 340 Å². The maximum atomic E-state index is 14.2. The third-order valence-electron chi connectivity index (χ3n) is 9.35. The fourth-order valence-electron chi connectivity index (χ4n) is 6.22. The van der Waals surface area contributed by atoms with E-state index in [0.717, 1.165) is 6.42 Å². The average Bonchev–Trinajstić information content (AvgIpc) is 3.71. The van der Waals surface area contributed by atoms with Gasteiger partial charge in [0.25, 0.3) is 0 Å². The summed E-state index contributed by atoms with van der Waals surface area (Å²) >= 11 is 0. The molecule has 2 aromatic rings. The predicted molar refractivity (Wildman–Crippen MR) is 215 cm³/mol. The first kappa shape index (κ1) is 46.8. The van der Waals surface area contributed by atoms with Crippen LogP contribution < -0.4 is 54.4 Å². The van der Waals surface area contributed by atoms with Crippen LogP contribution >= 0.6 is 0 Å². The highest BCUT2D eigenvalue weighted by Gasteiger charge is 2.34. The molecule has 1 saturated heterocycles. The second-order valence-corrected chi connectivity index (χ2v) is 14.2. The van der Waals surface area contributed by atoms with Crippen molar-refractivity contribution in [1.82, 2.24) is 47.2 Å². The third-order valence-corrected chi connectivity index (χ3v) is 9.35. The first-order chi connectivity index (χ1) is 28.2. The molecule has 6 atom stereocenters. The molecule has 21 heteroatoms. The van der Waals surface area contributed by atoms with E-state index in [1.54, 1.807) is 30.3 Å². The summed E-state index contributed by atoms with van der Waals surface area (Å²) in [6.45, 7) is 3.16. The zero-order valence-corrected chi connectivity index (χ0v) is 33.4. The molecule has 1 aliphatic heterocycles. The van der Waals surface area contributed by atoms with Gasteiger partial charge in [-0.25, -0.2) is 4.98 Å². The maximum Gasteiger partial charge on any atom is 0.243 e. The van der Waals surface area contributed by atoms with Crippen LogP contribution in [0.2, 0.25) is 0 Å². The smallest absolute Gasteiger partial charge is 0.243 e. The molecule has 0 radical (unpaired) electrons. The lowest BCUT2D eigenvalue weighted by molar-refractivity contribution is -0.135. The zero-order chi connectivity index (χ0) is 43.3. The van der Waals surface area contributed by atoms with Gasteiger partial charge in [-0.1, -0.05) is 50.1 Å². The van der Waals surface area contributed by atoms with Crippen LogP contribution in [-0.2, 0) is 51.2 Å². The number of H-pyrrole nitrogens is 1. The SMILES string of the molecule is CCCC[C@H](NC(C)=O)C(=O)N[C@H]1CCC(=O)NCC[C@@H](C(N)=O)NC(=O)C(CCCN=C(N)N)NC(=O)[C@@H](Cc2ccccc2)NC(=O)[C@H](Cc2cnc[nH]2)NC1=O. The molecule has 8 amide bonds. The molecule has 1 aliphatic rings. The molecule has 1 fully saturated rings. The number of imidazole rings is 1. The lowest BCUT2D eigenvalue weighted by Crippen LogP contribution is -2.60. The fraction of sp³-hybridized carbons (Fsp3) is 0.526. The van der Waals surface area contributed by atoms with E-state index in [0.29, 0.717) is 17.7 Å². The summed E-state index contributed by atoms with van der Waals surface area (Å²) in [4.78, 5) is 118. The van der Waals surface area contributed by atoms with Crippen LogP contribution in [0.1, 0.15) is 76.5 Å². The normalized spacial score (nSPS) is 21.7. The number of nitrogens with one attached hydrogen (secondary N) is 8. The summed E-state index contributed by atoms with van der Waals surface area (Å²) in [6.07, 6.45) is 3.83. The van der Waals surface area contributed by atoms with Gasteiger partial charge in [0.2, 0.25) is 47.3 Å². The summed E-state index contributed by atoms with van der Waals surface area (Å²) in [5.41, 5.74) is 17.6. The van der Waals surface area contributed by atoms with Crippen molar-refractivity contribution in [2.24, 2.45) is 22.2 Å². The lowest BCUT2D eigenvalue weighted by Gasteiger charge is -2.27. The number of carbonyl (C=O) groups is 8. The van der Waals surface area contributed by atoms with Crippen molar-refractivity contribution in [2.45, 2.75) is 114 Å². The molecule has 2 heterocycles. The molecule has 322 valence electrons. The van der Waals surface area contributed by atoms with Crippen molar-refractivity contribution in [3.8, 4) is 0 Å². The largest absolute Gasteiger partial charge is 0.370 e. The second kappa shape index (κ2) is 24.3. The van der Waals surface area contributed by atoms with E-state index < -0.39 is 83.5 Å². The molecular formula is C38H57N13O8. The number of primary amides is 1. The van der Waals surface area contributed by atoms with Crippen molar-refractivity contribution < 1.29 is 38.4 Å². The average molecular weight is 824 g/mol. The molecule has 1 unspecified atom stereocenters. The zero-order valence-electron chi connectivity index (χ0n) is 33.4. The third kappa shape index (κ3) is 16.8. The Hall–Kier alpha value is -6.54. The Morgan fingerprint density at radius 3 is 2.15 bits per heavy atom. The highest BCUT2D eigenvalue weighted by Crippen LogP contribution is 2.10. The van der Waals surface area contributed by atoms with Crippen LogP contribution in [0.3, 0.4) is 0 Å². The number of aromatic amines is 1. The molecule has 0 spiro atoms. The number of nitrogens with zero attached hydrogens (tertiary/aromatic N) is 2. The van der Waals surface area contributed by atoms with Gasteiger partial charge in [0.1, 0.15) is 36.3 Å². The van der Waals surface area contributed by atoms with Crippen LogP contribution in [0.5, 0.6) is 0 Å². The molecule has 14 N–H and O–H groups in total. The van der Waals surface area contributed by atoms with Crippen molar-refractivity contribution in [2.75, 3.05) is 13.1 Å². The number of guanidine groups is 1. The number of benzene rings is 1. The Morgan fingerprint density at radius 1 is 0.864 bits per heavy atom. The van der Waals surface area contributed by atoms with E-state index in [4.69, 9.17) is 17.2 Å². The van der Waals surface area contributed by atoms with Crippen LogP contribution in [-0.4, -0.2) is 113 Å². The molecule has 1 aromatic carbocycles. The molecule has 0 bridgehead atoms. The Balaban J connectivity index is 2.05. The first-order valence-corrected chi connectivity index (χ1v) is 19.6. The van der Waals surface area contributed by atoms with Gasteiger partial charge in [0.15, 0.2) is 5.96 Å². The minimum absolute atomic E-state index is 0.00935. The number of aromatic nitrogens is 2. The van der Waals surface area contributed by atoms with Crippen molar-refractivity contribution in [3.63, 3.8) is 0 Å². The standard InChI is InChI=1S/C38H57N13O8/c1-3-4-11-26(46-22(2)52)33(55)49-28-13-14-31(53)43-17-15-25(32(39)54)47-34(56)27(12-8-16-44-38(40)41)48-36(58)29(18-23-9-6-5-7-10-23)50-37(59)30(51-35(28)57)19-24-20-42-21-45-24/h5-7,9-10,20-21,25-30H,3-4,8,11-19H2,1-2H3,(H2,39,54)(H,42,45)(H,43,53)(H,46,52)(H,47,56)(H,48,58)(H,49,55)(H,50,59)(H,51,57)(H4,40,41,44)/t25-,26-,27?,28-,29+,30-/m0/s1. The summed E-state index contributed by atoms with van der Waals surface area (Å²) in [6, 6.07) is 1.22. The maximum absolute atomic E-state index is 14.2. The second-order valence-electron chi connectivity index (χ2n) is 14.2. The van der Waals surface area contributed by atoms with Crippen LogP contribution in [0.4, 0.5) is 0 Å². The van der Waals surface area contributed by atoms with Gasteiger partial charge in [-0.15, -0.1) is 0 Å². The molecular weight excluding hydrogens is 767 g/mol. The quantitative estimate of drug-likeness (QED) is 0.0494. The Labute approximate surface area is 342 Å². The minimum atomic E-state index is -1.37. The van der Waals surface area contributed by atoms with Gasteiger partial charge in [-0.05, 0) is 37.7 Å². The van der Waals surface area contributed by atoms with Gasteiger partial charge < -0.3 is 59.4 Å². The number of hydrogen-bond acceptors (Lipinski definition) is 10. The molecule has 3 rings (SSSR count). The van der Waals surface area contributed by atoms with Crippen molar-refractivity contribution >= 4 is 53.2 Å². The van der Waals surface area contributed by atoms with Crippen molar-refractivity contribution in [1.29, 1.82) is 0 Å². The number of rotatable bonds is 15. The highest BCUT2D eigenvalue weighted by molar-refractivity contribution is 5.97. The molecule has 59 heavy (non-hydrogen) atoms. The van der Waals surface area contributed by atoms with E-state index in [9.17, 15) is 38.4 Å². The summed E-state index contributed by atoms with van der Waals surface area (Å²) < 4.78 is 0. The first-order valence-electron chi connectivity index (χ1n) is 19.6. The van der Waals surface area contributed by atoms with Crippen LogP contribution in [0.25, 0.3) is 0 Å². The Bertz CT molecular complexity index is 1770. The van der Waals surface area contributed by atoms with Gasteiger partial charge in [-0.3, -0.25) is 43.3 Å². The number of unbranched alkanes of at least 4 members (excludes halogenated alkanes) is 1. The van der Waals surface area contributed by atoms with E-state index in [2.05, 4.69) is 52.2 Å². The molecule has 0 aliphatic carbocycles. The molecule has 1 aromatic heterocycles. The minimum Gasteiger partial charge on any atom is -0.370 e. The number of hydrogen-bond donors (Lipinski definition) is 11. The highest BCUT2D eigenvalue weighted by atomic mass is 16.2. The van der Waals surface area contributed by atoms with E-state index >= 15 is 0 Å². The fourth-order valence-corrected chi connectivity index (χ4v) is 6.22. The van der Waals surface area contributed by atoms with E-state index in [1.807, 2.05) is 6.92 Å². The predicted octanol–water partition coefficient (Wildman–Crippen LogP) is -2.85. The van der Waals surface area contributed by atoms with Gasteiger partial charge in [-0.2, -0.15) is 0 Å². The molecule has 21 nitrogen and oxygen atoms in total. The van der Waals surface area contributed by atoms with Gasteiger partial charge in [0.05, 0.1) is 6.33 Å². The number of nitrogens with two attached hydrogens (primary N) is 3. The van der Waals surface area contributed by atoms with E-state index in [-0.39, 0.29) is 70.4 Å². The Kier molecular flexibility index (Phi) is 19.3. The van der Waals surface area contributed by atoms with E-state index in [1.165, 1.54) is 19.4 Å². The number of aliphatic imine (C=N–C) groups is 1. The van der Waals surface area contributed by atoms with Crippen molar-refractivity contribution in [3.05, 3.63) is 54.1 Å². The monoisotopic (exact) mass is 823 g/mol.